The van der Waals surface area contributed by atoms with Gasteiger partial charge in [0.2, 0.25) is 0 Å². The lowest BCUT2D eigenvalue weighted by molar-refractivity contribution is -0.141. The normalized spacial score (nSPS) is 12.0. The molecular weight excluding hydrogens is 329 g/mol. The molecule has 0 fully saturated rings. The lowest BCUT2D eigenvalue weighted by atomic mass is 10.1. The van der Waals surface area contributed by atoms with E-state index in [0.29, 0.717) is 16.1 Å². The number of carboxylic acids is 1. The maximum absolute atomic E-state index is 13.1. The highest BCUT2D eigenvalue weighted by molar-refractivity contribution is 7.17. The lowest BCUT2D eigenvalue weighted by Crippen LogP contribution is -2.14. The van der Waals surface area contributed by atoms with E-state index >= 15 is 0 Å². The van der Waals surface area contributed by atoms with Gasteiger partial charge >= 0.3 is 12.1 Å². The number of aromatic carboxylic acids is 1. The highest BCUT2D eigenvalue weighted by atomic mass is 32.1. The van der Waals surface area contributed by atoms with Crippen molar-refractivity contribution in [2.45, 2.75) is 20.0 Å². The van der Waals surface area contributed by atoms with Gasteiger partial charge < -0.3 is 5.11 Å². The fourth-order valence-corrected chi connectivity index (χ4v) is 3.45. The number of halogens is 3. The molecule has 1 N–H and O–H groups in total. The second-order valence-electron chi connectivity index (χ2n) is 5.10. The minimum atomic E-state index is -4.82. The Balaban J connectivity index is 2.39. The van der Waals surface area contributed by atoms with E-state index in [1.807, 2.05) is 19.1 Å². The van der Waals surface area contributed by atoms with E-state index in [1.165, 1.54) is 0 Å². The second kappa shape index (κ2) is 5.09. The molecule has 0 amide bonds. The number of hydrogen-bond donors (Lipinski definition) is 1. The zero-order valence-electron chi connectivity index (χ0n) is 12.1. The molecule has 0 unspecified atom stereocenters. The zero-order chi connectivity index (χ0) is 16.9. The topological polar surface area (TPSA) is 54.6 Å². The first-order valence-electron chi connectivity index (χ1n) is 6.59. The first-order chi connectivity index (χ1) is 10.7. The number of aryl methyl sites for hydroxylation is 2. The van der Waals surface area contributed by atoms with Crippen LogP contribution in [-0.4, -0.2) is 20.5 Å². The maximum atomic E-state index is 13.1. The van der Waals surface area contributed by atoms with Crippen LogP contribution in [0.1, 0.15) is 26.6 Å². The van der Waals surface area contributed by atoms with Gasteiger partial charge in [0.1, 0.15) is 0 Å². The van der Waals surface area contributed by atoms with Crippen LogP contribution in [0.4, 0.5) is 13.2 Å². The molecule has 8 heteroatoms. The number of fused-ring (bicyclic) bond motifs is 1. The van der Waals surface area contributed by atoms with Crippen LogP contribution in [0.3, 0.4) is 0 Å². The average Bonchev–Trinajstić information content (AvgIpc) is 2.94. The minimum absolute atomic E-state index is 0.0165. The number of carbonyl (C=O) groups is 1. The molecule has 0 aliphatic heterocycles. The van der Waals surface area contributed by atoms with Gasteiger partial charge in [-0.15, -0.1) is 11.3 Å². The van der Waals surface area contributed by atoms with E-state index < -0.39 is 23.5 Å². The number of hydrogen-bond acceptors (Lipinski definition) is 3. The summed E-state index contributed by atoms with van der Waals surface area (Å²) in [5.74, 6) is -1.66. The third-order valence-corrected chi connectivity index (χ3v) is 4.40. The van der Waals surface area contributed by atoms with E-state index in [2.05, 4.69) is 4.98 Å². The molecule has 0 atom stereocenters. The summed E-state index contributed by atoms with van der Waals surface area (Å²) in [6.07, 6.45) is -4.82. The Morgan fingerprint density at radius 1 is 1.22 bits per heavy atom. The minimum Gasteiger partial charge on any atom is -0.476 e. The van der Waals surface area contributed by atoms with E-state index in [9.17, 15) is 23.1 Å². The van der Waals surface area contributed by atoms with Crippen molar-refractivity contribution in [3.8, 4) is 11.3 Å². The molecule has 2 heterocycles. The monoisotopic (exact) mass is 340 g/mol. The third-order valence-electron chi connectivity index (χ3n) is 3.44. The summed E-state index contributed by atoms with van der Waals surface area (Å²) >= 11 is 1.03. The van der Waals surface area contributed by atoms with Gasteiger partial charge in [-0.1, -0.05) is 29.8 Å². The molecule has 1 aromatic carbocycles. The fraction of sp³-hybridized carbons (Fsp3) is 0.200. The molecule has 4 nitrogen and oxygen atoms in total. The SMILES string of the molecule is Cc1ccc(-c2c(C)sc3nc(C(F)(F)F)c(C(=O)O)n23)cc1. The summed E-state index contributed by atoms with van der Waals surface area (Å²) in [7, 11) is 0. The molecule has 2 aromatic heterocycles. The van der Waals surface area contributed by atoms with E-state index in [0.717, 1.165) is 21.3 Å². The zero-order valence-corrected chi connectivity index (χ0v) is 12.9. The van der Waals surface area contributed by atoms with Gasteiger partial charge in [-0.05, 0) is 19.4 Å². The summed E-state index contributed by atoms with van der Waals surface area (Å²) in [4.78, 5) is 15.7. The molecule has 3 rings (SSSR count). The third kappa shape index (κ3) is 2.48. The van der Waals surface area contributed by atoms with Gasteiger partial charge in [-0.3, -0.25) is 4.40 Å². The predicted molar refractivity (Wildman–Crippen MR) is 79.9 cm³/mol. The lowest BCUT2D eigenvalue weighted by Gasteiger charge is -2.07. The Kier molecular flexibility index (Phi) is 3.44. The van der Waals surface area contributed by atoms with Crippen molar-refractivity contribution in [2.75, 3.05) is 0 Å². The summed E-state index contributed by atoms with van der Waals surface area (Å²) in [6, 6.07) is 7.14. The summed E-state index contributed by atoms with van der Waals surface area (Å²) in [5.41, 5.74) is -0.159. The van der Waals surface area contributed by atoms with Gasteiger partial charge in [-0.25, -0.2) is 9.78 Å². The largest absolute Gasteiger partial charge is 0.476 e. The number of aromatic nitrogens is 2. The summed E-state index contributed by atoms with van der Waals surface area (Å²) < 4.78 is 40.3. The number of thiazole rings is 1. The highest BCUT2D eigenvalue weighted by Gasteiger charge is 2.41. The first-order valence-corrected chi connectivity index (χ1v) is 7.41. The van der Waals surface area contributed by atoms with Gasteiger partial charge in [-0.2, -0.15) is 13.2 Å². The van der Waals surface area contributed by atoms with Crippen LogP contribution in [-0.2, 0) is 6.18 Å². The van der Waals surface area contributed by atoms with E-state index in [-0.39, 0.29) is 4.96 Å². The molecule has 0 aliphatic rings. The smallest absolute Gasteiger partial charge is 0.435 e. The van der Waals surface area contributed by atoms with Crippen molar-refractivity contribution in [3.63, 3.8) is 0 Å². The Labute approximate surface area is 132 Å². The highest BCUT2D eigenvalue weighted by Crippen LogP contribution is 2.38. The number of alkyl halides is 3. The molecule has 0 bridgehead atoms. The second-order valence-corrected chi connectivity index (χ2v) is 6.28. The van der Waals surface area contributed by atoms with Crippen molar-refractivity contribution >= 4 is 22.3 Å². The number of nitrogens with zero attached hydrogens (tertiary/aromatic N) is 2. The molecule has 0 spiro atoms. The molecule has 23 heavy (non-hydrogen) atoms. The predicted octanol–water partition coefficient (Wildman–Crippen LogP) is 4.40. The Morgan fingerprint density at radius 3 is 2.35 bits per heavy atom. The van der Waals surface area contributed by atoms with Crippen molar-refractivity contribution in [1.82, 2.24) is 9.38 Å². The maximum Gasteiger partial charge on any atom is 0.435 e. The quantitative estimate of drug-likeness (QED) is 0.752. The van der Waals surface area contributed by atoms with Crippen molar-refractivity contribution < 1.29 is 23.1 Å². The number of carboxylic acid groups (broad SMARTS) is 1. The number of imidazole rings is 1. The van der Waals surface area contributed by atoms with Gasteiger partial charge in [0, 0.05) is 4.88 Å². The van der Waals surface area contributed by atoms with Gasteiger partial charge in [0.05, 0.1) is 5.69 Å². The first kappa shape index (κ1) is 15.5. The molecular formula is C15H11F3N2O2S. The molecule has 0 aliphatic carbocycles. The molecule has 0 saturated heterocycles. The van der Waals surface area contributed by atoms with Crippen molar-refractivity contribution in [2.24, 2.45) is 0 Å². The van der Waals surface area contributed by atoms with Crippen LogP contribution in [0.25, 0.3) is 16.2 Å². The summed E-state index contributed by atoms with van der Waals surface area (Å²) in [5, 5.41) is 9.28. The van der Waals surface area contributed by atoms with E-state index in [1.54, 1.807) is 19.1 Å². The molecule has 0 saturated carbocycles. The van der Waals surface area contributed by atoms with E-state index in [4.69, 9.17) is 0 Å². The van der Waals surface area contributed by atoms with Crippen molar-refractivity contribution in [3.05, 3.63) is 46.1 Å². The van der Waals surface area contributed by atoms with Crippen LogP contribution in [0, 0.1) is 13.8 Å². The van der Waals surface area contributed by atoms with Gasteiger partial charge in [0.15, 0.2) is 16.3 Å². The van der Waals surface area contributed by atoms with Gasteiger partial charge in [0.25, 0.3) is 0 Å². The average molecular weight is 340 g/mol. The Bertz CT molecular complexity index is 908. The summed E-state index contributed by atoms with van der Waals surface area (Å²) in [6.45, 7) is 3.62. The van der Waals surface area contributed by atoms with Crippen LogP contribution >= 0.6 is 11.3 Å². The Hall–Kier alpha value is -2.35. The standard InChI is InChI=1S/C15H11F3N2O2S/c1-7-3-5-9(6-4-7)10-8(2)23-14-19-12(15(16,17)18)11(13(21)22)20(10)14/h3-6H,1-2H3,(H,21,22). The van der Waals surface area contributed by atoms with Crippen LogP contribution in [0.15, 0.2) is 24.3 Å². The van der Waals surface area contributed by atoms with Crippen LogP contribution < -0.4 is 0 Å². The molecule has 3 aromatic rings. The molecule has 0 radical (unpaired) electrons. The Morgan fingerprint density at radius 2 is 1.83 bits per heavy atom. The van der Waals surface area contributed by atoms with Crippen LogP contribution in [0.2, 0.25) is 0 Å². The number of benzene rings is 1. The van der Waals surface area contributed by atoms with Crippen LogP contribution in [0.5, 0.6) is 0 Å². The number of rotatable bonds is 2. The fourth-order valence-electron chi connectivity index (χ4n) is 2.46. The van der Waals surface area contributed by atoms with Crippen molar-refractivity contribution in [1.29, 1.82) is 0 Å². The molecule has 120 valence electrons.